The van der Waals surface area contributed by atoms with Gasteiger partial charge in [-0.25, -0.2) is 0 Å². The third kappa shape index (κ3) is 1.76. The zero-order valence-corrected chi connectivity index (χ0v) is 7.48. The standard InChI is InChI=1S/C8H12ClNO/c1-3-8(2,10)6-4-5-7(9)11-6/h4-5H,3,10H2,1-2H3. The molecule has 0 fully saturated rings. The molecular weight excluding hydrogens is 162 g/mol. The highest BCUT2D eigenvalue weighted by atomic mass is 35.5. The Balaban J connectivity index is 2.92. The van der Waals surface area contributed by atoms with Gasteiger partial charge in [-0.2, -0.15) is 0 Å². The summed E-state index contributed by atoms with van der Waals surface area (Å²) in [7, 11) is 0. The molecule has 1 rings (SSSR count). The van der Waals surface area contributed by atoms with Crippen molar-refractivity contribution < 1.29 is 4.42 Å². The van der Waals surface area contributed by atoms with Crippen LogP contribution in [0.2, 0.25) is 5.22 Å². The van der Waals surface area contributed by atoms with Crippen molar-refractivity contribution in [3.05, 3.63) is 23.1 Å². The summed E-state index contributed by atoms with van der Waals surface area (Å²) < 4.78 is 5.18. The van der Waals surface area contributed by atoms with Crippen molar-refractivity contribution in [2.24, 2.45) is 5.73 Å². The van der Waals surface area contributed by atoms with E-state index >= 15 is 0 Å². The molecule has 11 heavy (non-hydrogen) atoms. The van der Waals surface area contributed by atoms with Gasteiger partial charge in [0, 0.05) is 0 Å². The van der Waals surface area contributed by atoms with Gasteiger partial charge in [0.2, 0.25) is 0 Å². The van der Waals surface area contributed by atoms with Gasteiger partial charge in [0.15, 0.2) is 5.22 Å². The van der Waals surface area contributed by atoms with Crippen LogP contribution in [0.15, 0.2) is 16.5 Å². The highest BCUT2D eigenvalue weighted by Crippen LogP contribution is 2.25. The molecule has 2 nitrogen and oxygen atoms in total. The number of furan rings is 1. The molecule has 3 heteroatoms. The SMILES string of the molecule is CCC(C)(N)c1ccc(Cl)o1. The van der Waals surface area contributed by atoms with Gasteiger partial charge >= 0.3 is 0 Å². The molecule has 0 saturated heterocycles. The number of halogens is 1. The van der Waals surface area contributed by atoms with E-state index < -0.39 is 5.54 Å². The fourth-order valence-electron chi connectivity index (χ4n) is 0.795. The topological polar surface area (TPSA) is 39.2 Å². The van der Waals surface area contributed by atoms with E-state index in [1.165, 1.54) is 0 Å². The fraction of sp³-hybridized carbons (Fsp3) is 0.500. The van der Waals surface area contributed by atoms with E-state index in [1.807, 2.05) is 19.9 Å². The van der Waals surface area contributed by atoms with Gasteiger partial charge in [-0.1, -0.05) is 6.92 Å². The molecule has 0 aromatic carbocycles. The highest BCUT2D eigenvalue weighted by molar-refractivity contribution is 6.28. The Bertz CT molecular complexity index is 242. The quantitative estimate of drug-likeness (QED) is 0.747. The summed E-state index contributed by atoms with van der Waals surface area (Å²) in [6, 6.07) is 3.52. The van der Waals surface area contributed by atoms with Crippen LogP contribution < -0.4 is 5.73 Å². The van der Waals surface area contributed by atoms with Gasteiger partial charge < -0.3 is 10.2 Å². The van der Waals surface area contributed by atoms with Crippen molar-refractivity contribution in [1.29, 1.82) is 0 Å². The van der Waals surface area contributed by atoms with Gasteiger partial charge in [-0.05, 0) is 37.1 Å². The second-order valence-corrected chi connectivity index (χ2v) is 3.25. The Morgan fingerprint density at radius 2 is 2.27 bits per heavy atom. The van der Waals surface area contributed by atoms with Gasteiger partial charge in [0.25, 0.3) is 0 Å². The van der Waals surface area contributed by atoms with Crippen LogP contribution >= 0.6 is 11.6 Å². The minimum atomic E-state index is -0.396. The second kappa shape index (κ2) is 2.88. The number of hydrogen-bond donors (Lipinski definition) is 1. The summed E-state index contributed by atoms with van der Waals surface area (Å²) in [5.41, 5.74) is 5.50. The van der Waals surface area contributed by atoms with Crippen LogP contribution in [-0.2, 0) is 5.54 Å². The summed E-state index contributed by atoms with van der Waals surface area (Å²) in [4.78, 5) is 0. The summed E-state index contributed by atoms with van der Waals surface area (Å²) >= 11 is 5.60. The van der Waals surface area contributed by atoms with Gasteiger partial charge in [0.05, 0.1) is 5.54 Å². The minimum Gasteiger partial charge on any atom is -0.448 e. The summed E-state index contributed by atoms with van der Waals surface area (Å²) in [6.45, 7) is 3.93. The lowest BCUT2D eigenvalue weighted by atomic mass is 9.98. The third-order valence-corrected chi connectivity index (χ3v) is 2.07. The summed E-state index contributed by atoms with van der Waals surface area (Å²) in [5, 5.41) is 0.394. The summed E-state index contributed by atoms with van der Waals surface area (Å²) in [5.74, 6) is 0.741. The van der Waals surface area contributed by atoms with E-state index in [-0.39, 0.29) is 0 Å². The minimum absolute atomic E-state index is 0.394. The second-order valence-electron chi connectivity index (χ2n) is 2.87. The van der Waals surface area contributed by atoms with Crippen molar-refractivity contribution in [3.8, 4) is 0 Å². The molecule has 0 aliphatic rings. The number of nitrogens with two attached hydrogens (primary N) is 1. The van der Waals surface area contributed by atoms with Crippen molar-refractivity contribution in [1.82, 2.24) is 0 Å². The predicted octanol–water partition coefficient (Wildman–Crippen LogP) is 2.52. The predicted molar refractivity (Wildman–Crippen MR) is 45.5 cm³/mol. The highest BCUT2D eigenvalue weighted by Gasteiger charge is 2.22. The molecule has 2 N–H and O–H groups in total. The normalized spacial score (nSPS) is 16.4. The molecule has 1 aromatic rings. The van der Waals surface area contributed by atoms with Crippen LogP contribution in [0.3, 0.4) is 0 Å². The zero-order valence-electron chi connectivity index (χ0n) is 6.73. The third-order valence-electron chi connectivity index (χ3n) is 1.87. The van der Waals surface area contributed by atoms with E-state index in [0.717, 1.165) is 12.2 Å². The van der Waals surface area contributed by atoms with Gasteiger partial charge in [0.1, 0.15) is 5.76 Å². The molecule has 0 radical (unpaired) electrons. The molecule has 0 saturated carbocycles. The smallest absolute Gasteiger partial charge is 0.193 e. The number of rotatable bonds is 2. The lowest BCUT2D eigenvalue weighted by Gasteiger charge is -2.18. The van der Waals surface area contributed by atoms with E-state index in [1.54, 1.807) is 6.07 Å². The maximum Gasteiger partial charge on any atom is 0.193 e. The van der Waals surface area contributed by atoms with Crippen molar-refractivity contribution in [2.45, 2.75) is 25.8 Å². The summed E-state index contributed by atoms with van der Waals surface area (Å²) in [6.07, 6.45) is 0.830. The molecule has 0 aliphatic heterocycles. The average Bonchev–Trinajstić information content (AvgIpc) is 2.36. The maximum atomic E-state index is 5.90. The molecule has 1 aromatic heterocycles. The lowest BCUT2D eigenvalue weighted by molar-refractivity contribution is 0.360. The zero-order chi connectivity index (χ0) is 8.48. The van der Waals surface area contributed by atoms with E-state index in [2.05, 4.69) is 0 Å². The lowest BCUT2D eigenvalue weighted by Crippen LogP contribution is -2.31. The first-order valence-electron chi connectivity index (χ1n) is 3.61. The van der Waals surface area contributed by atoms with Crippen molar-refractivity contribution >= 4 is 11.6 Å². The van der Waals surface area contributed by atoms with E-state index in [0.29, 0.717) is 5.22 Å². The maximum absolute atomic E-state index is 5.90. The Labute approximate surface area is 71.3 Å². The van der Waals surface area contributed by atoms with Crippen LogP contribution in [0.5, 0.6) is 0 Å². The number of hydrogen-bond acceptors (Lipinski definition) is 2. The largest absolute Gasteiger partial charge is 0.448 e. The van der Waals surface area contributed by atoms with Gasteiger partial charge in [-0.3, -0.25) is 0 Å². The van der Waals surface area contributed by atoms with Crippen LogP contribution in [0.1, 0.15) is 26.0 Å². The molecule has 62 valence electrons. The van der Waals surface area contributed by atoms with Crippen LogP contribution in [0.4, 0.5) is 0 Å². The monoisotopic (exact) mass is 173 g/mol. The molecule has 0 spiro atoms. The molecule has 0 aliphatic carbocycles. The molecule has 0 amide bonds. The molecule has 1 atom stereocenters. The Morgan fingerprint density at radius 3 is 2.64 bits per heavy atom. The first kappa shape index (κ1) is 8.62. The van der Waals surface area contributed by atoms with E-state index in [9.17, 15) is 0 Å². The first-order valence-corrected chi connectivity index (χ1v) is 3.99. The fourth-order valence-corrected chi connectivity index (χ4v) is 0.942. The Kier molecular flexibility index (Phi) is 2.25. The van der Waals surface area contributed by atoms with E-state index in [4.69, 9.17) is 21.8 Å². The molecule has 0 bridgehead atoms. The van der Waals surface area contributed by atoms with Crippen LogP contribution in [-0.4, -0.2) is 0 Å². The average molecular weight is 174 g/mol. The first-order chi connectivity index (χ1) is 5.06. The Hall–Kier alpha value is -0.470. The molecule has 1 heterocycles. The van der Waals surface area contributed by atoms with Crippen LogP contribution in [0.25, 0.3) is 0 Å². The molecule has 1 unspecified atom stereocenters. The van der Waals surface area contributed by atoms with Crippen LogP contribution in [0, 0.1) is 0 Å². The molecular formula is C8H12ClNO. The Morgan fingerprint density at radius 1 is 1.64 bits per heavy atom. The van der Waals surface area contributed by atoms with Crippen molar-refractivity contribution in [2.75, 3.05) is 0 Å². The van der Waals surface area contributed by atoms with Crippen molar-refractivity contribution in [3.63, 3.8) is 0 Å². The van der Waals surface area contributed by atoms with Gasteiger partial charge in [-0.15, -0.1) is 0 Å².